The lowest BCUT2D eigenvalue weighted by Crippen LogP contribution is -2.29. The fraction of sp³-hybridized carbons (Fsp3) is 0.273. The summed E-state index contributed by atoms with van der Waals surface area (Å²) >= 11 is 0. The van der Waals surface area contributed by atoms with Crippen molar-refractivity contribution < 1.29 is 34.4 Å². The molecule has 7 nitrogen and oxygen atoms in total. The number of Topliss-reactive ketones (excluding diaryl/α,β-unsaturated/α-hetero) is 2. The Morgan fingerprint density at radius 2 is 1.00 bits per heavy atom. The Morgan fingerprint density at radius 1 is 0.600 bits per heavy atom. The molecular formula is C33H32O7. The van der Waals surface area contributed by atoms with Crippen molar-refractivity contribution in [2.75, 3.05) is 14.2 Å². The predicted octanol–water partition coefficient (Wildman–Crippen LogP) is 6.41. The summed E-state index contributed by atoms with van der Waals surface area (Å²) in [6.45, 7) is 0. The molecule has 0 amide bonds. The molecule has 0 aliphatic heterocycles. The normalized spacial score (nSPS) is 20.4. The van der Waals surface area contributed by atoms with E-state index in [2.05, 4.69) is 0 Å². The number of methoxy groups -OCH3 is 2. The highest BCUT2D eigenvalue weighted by Crippen LogP contribution is 2.46. The van der Waals surface area contributed by atoms with Crippen LogP contribution >= 0.6 is 0 Å². The quantitative estimate of drug-likeness (QED) is 0.317. The average Bonchev–Trinajstić information content (AvgIpc) is 2.96. The van der Waals surface area contributed by atoms with E-state index in [0.717, 1.165) is 11.1 Å². The van der Waals surface area contributed by atoms with Gasteiger partial charge in [-0.2, -0.15) is 0 Å². The summed E-state index contributed by atoms with van der Waals surface area (Å²) in [6, 6.07) is 21.0. The first kappa shape index (κ1) is 27.1. The van der Waals surface area contributed by atoms with Gasteiger partial charge in [0.15, 0.2) is 11.6 Å². The molecular weight excluding hydrogens is 508 g/mol. The molecule has 0 saturated carbocycles. The molecule has 0 radical (unpaired) electrons. The third-order valence-corrected chi connectivity index (χ3v) is 7.94. The zero-order valence-electron chi connectivity index (χ0n) is 22.5. The number of hydrogen-bond donors (Lipinski definition) is 3. The smallest absolute Gasteiger partial charge is 0.163 e. The van der Waals surface area contributed by atoms with Crippen molar-refractivity contribution in [2.24, 2.45) is 0 Å². The number of phenolic OH excluding ortho intramolecular Hbond substituents is 1. The second-order valence-electron chi connectivity index (χ2n) is 10.3. The molecule has 206 valence electrons. The molecule has 40 heavy (non-hydrogen) atoms. The van der Waals surface area contributed by atoms with E-state index in [4.69, 9.17) is 9.47 Å². The number of carbonyl (C=O) groups is 2. The molecule has 3 aromatic carbocycles. The largest absolute Gasteiger partial charge is 0.512 e. The summed E-state index contributed by atoms with van der Waals surface area (Å²) in [7, 11) is 3.17. The van der Waals surface area contributed by atoms with Crippen LogP contribution in [0.4, 0.5) is 0 Å². The van der Waals surface area contributed by atoms with Crippen molar-refractivity contribution in [2.45, 2.75) is 43.4 Å². The first-order valence-corrected chi connectivity index (χ1v) is 13.3. The fourth-order valence-electron chi connectivity index (χ4n) is 5.84. The van der Waals surface area contributed by atoms with E-state index in [-0.39, 0.29) is 77.5 Å². The van der Waals surface area contributed by atoms with E-state index in [0.29, 0.717) is 17.1 Å². The van der Waals surface area contributed by atoms with Crippen LogP contribution in [0.5, 0.6) is 17.2 Å². The number of phenols is 1. The molecule has 0 aromatic heterocycles. The average molecular weight is 541 g/mol. The van der Waals surface area contributed by atoms with Crippen LogP contribution in [0, 0.1) is 0 Å². The number of ketones is 2. The van der Waals surface area contributed by atoms with Gasteiger partial charge in [-0.1, -0.05) is 36.4 Å². The van der Waals surface area contributed by atoms with E-state index in [1.165, 1.54) is 12.1 Å². The van der Waals surface area contributed by atoms with Crippen LogP contribution in [-0.2, 0) is 9.59 Å². The van der Waals surface area contributed by atoms with Crippen molar-refractivity contribution in [3.05, 3.63) is 112 Å². The van der Waals surface area contributed by atoms with Gasteiger partial charge in [0.05, 0.1) is 14.2 Å². The first-order chi connectivity index (χ1) is 19.3. The van der Waals surface area contributed by atoms with Crippen molar-refractivity contribution >= 4 is 11.6 Å². The minimum Gasteiger partial charge on any atom is -0.512 e. The number of allylic oxidation sites excluding steroid dienone is 4. The fourth-order valence-corrected chi connectivity index (χ4v) is 5.84. The molecule has 0 heterocycles. The summed E-state index contributed by atoms with van der Waals surface area (Å²) in [5.41, 5.74) is 2.58. The molecule has 0 fully saturated rings. The number of hydrogen-bond acceptors (Lipinski definition) is 7. The Bertz CT molecular complexity index is 1370. The third kappa shape index (κ3) is 5.32. The Balaban J connectivity index is 1.53. The maximum atomic E-state index is 13.7. The van der Waals surface area contributed by atoms with E-state index in [1.54, 1.807) is 26.4 Å². The molecule has 7 heteroatoms. The lowest BCUT2D eigenvalue weighted by atomic mass is 9.70. The predicted molar refractivity (Wildman–Crippen MR) is 150 cm³/mol. The van der Waals surface area contributed by atoms with Gasteiger partial charge in [-0.05, 0) is 64.9 Å². The molecule has 0 saturated heterocycles. The summed E-state index contributed by atoms with van der Waals surface area (Å²) < 4.78 is 10.5. The lowest BCUT2D eigenvalue weighted by molar-refractivity contribution is -0.117. The molecule has 3 N–H and O–H groups in total. The Labute approximate surface area is 233 Å². The highest BCUT2D eigenvalue weighted by molar-refractivity contribution is 6.05. The monoisotopic (exact) mass is 540 g/mol. The van der Waals surface area contributed by atoms with E-state index >= 15 is 0 Å². The standard InChI is InChI=1S/C33H32O7/c1-39-25-11-5-19(6-12-25)22-15-27(35)32(28(36)16-22)31(21-3-9-24(34)10-4-21)33-29(37)17-23(18-30(33)38)20-7-13-26(40-2)14-8-20/h3-14,22-23,31,34-35,37H,15-18H2,1-2H3. The summed E-state index contributed by atoms with van der Waals surface area (Å²) in [5.74, 6) is -0.743. The van der Waals surface area contributed by atoms with Crippen molar-refractivity contribution in [1.29, 1.82) is 0 Å². The molecule has 2 aliphatic rings. The maximum absolute atomic E-state index is 13.7. The number of aromatic hydroxyl groups is 1. The Kier molecular flexibility index (Phi) is 7.65. The van der Waals surface area contributed by atoms with Crippen molar-refractivity contribution in [3.63, 3.8) is 0 Å². The Morgan fingerprint density at radius 3 is 1.35 bits per heavy atom. The zero-order valence-corrected chi connectivity index (χ0v) is 22.5. The zero-order chi connectivity index (χ0) is 28.4. The number of benzene rings is 3. The topological polar surface area (TPSA) is 113 Å². The highest BCUT2D eigenvalue weighted by atomic mass is 16.5. The van der Waals surface area contributed by atoms with E-state index in [1.807, 2.05) is 48.5 Å². The van der Waals surface area contributed by atoms with Gasteiger partial charge in [0, 0.05) is 42.7 Å². The van der Waals surface area contributed by atoms with Gasteiger partial charge >= 0.3 is 0 Å². The van der Waals surface area contributed by atoms with Gasteiger partial charge in [-0.15, -0.1) is 0 Å². The highest BCUT2D eigenvalue weighted by Gasteiger charge is 2.41. The van der Waals surface area contributed by atoms with Gasteiger partial charge in [0.2, 0.25) is 0 Å². The van der Waals surface area contributed by atoms with Crippen LogP contribution in [0.1, 0.15) is 60.1 Å². The molecule has 3 aromatic rings. The second kappa shape index (κ2) is 11.3. The third-order valence-electron chi connectivity index (χ3n) is 7.94. The van der Waals surface area contributed by atoms with E-state index in [9.17, 15) is 24.9 Å². The van der Waals surface area contributed by atoms with Crippen molar-refractivity contribution in [3.8, 4) is 17.2 Å². The Hall–Kier alpha value is -4.52. The summed E-state index contributed by atoms with van der Waals surface area (Å²) in [4.78, 5) is 27.4. The van der Waals surface area contributed by atoms with E-state index < -0.39 is 5.92 Å². The maximum Gasteiger partial charge on any atom is 0.163 e. The van der Waals surface area contributed by atoms with Gasteiger partial charge < -0.3 is 24.8 Å². The number of aliphatic hydroxyl groups is 2. The summed E-state index contributed by atoms with van der Waals surface area (Å²) in [6.07, 6.45) is 0.741. The van der Waals surface area contributed by atoms with Gasteiger partial charge in [-0.3, -0.25) is 9.59 Å². The summed E-state index contributed by atoms with van der Waals surface area (Å²) in [5, 5.41) is 32.5. The number of aliphatic hydroxyl groups excluding tert-OH is 2. The lowest BCUT2D eigenvalue weighted by Gasteiger charge is -2.33. The number of rotatable bonds is 7. The van der Waals surface area contributed by atoms with Gasteiger partial charge in [0.25, 0.3) is 0 Å². The minimum absolute atomic E-state index is 0.0305. The van der Waals surface area contributed by atoms with Crippen LogP contribution in [-0.4, -0.2) is 41.1 Å². The molecule has 2 atom stereocenters. The molecule has 5 rings (SSSR count). The van der Waals surface area contributed by atoms with Gasteiger partial charge in [-0.25, -0.2) is 0 Å². The van der Waals surface area contributed by atoms with Crippen LogP contribution < -0.4 is 9.47 Å². The minimum atomic E-state index is -0.950. The molecule has 0 bridgehead atoms. The molecule has 2 aliphatic carbocycles. The SMILES string of the molecule is COc1ccc(C2CC(=O)C(C(C3=C(O)CC(c4ccc(OC)cc4)CC3=O)c3ccc(O)cc3)=C(O)C2)cc1. The van der Waals surface area contributed by atoms with Crippen LogP contribution in [0.25, 0.3) is 0 Å². The van der Waals surface area contributed by atoms with Crippen LogP contribution in [0.3, 0.4) is 0 Å². The van der Waals surface area contributed by atoms with Crippen LogP contribution in [0.2, 0.25) is 0 Å². The molecule has 0 spiro atoms. The number of ether oxygens (including phenoxy) is 2. The first-order valence-electron chi connectivity index (χ1n) is 13.3. The molecule has 2 unspecified atom stereocenters. The van der Waals surface area contributed by atoms with Crippen molar-refractivity contribution in [1.82, 2.24) is 0 Å². The van der Waals surface area contributed by atoms with Gasteiger partial charge in [0.1, 0.15) is 28.8 Å². The second-order valence-corrected chi connectivity index (χ2v) is 10.3. The number of carbonyl (C=O) groups excluding carboxylic acids is 2. The van der Waals surface area contributed by atoms with Crippen LogP contribution in [0.15, 0.2) is 95.5 Å².